The zero-order valence-electron chi connectivity index (χ0n) is 20.4. The number of halogens is 1. The number of H-pyrrole nitrogens is 1. The first-order valence-electron chi connectivity index (χ1n) is 12.3. The normalized spacial score (nSPS) is 14.3. The number of nitrogens with one attached hydrogen (secondary N) is 1. The van der Waals surface area contributed by atoms with Crippen LogP contribution in [-0.4, -0.2) is 46.1 Å². The van der Waals surface area contributed by atoms with Crippen molar-refractivity contribution >= 4 is 11.6 Å². The highest BCUT2D eigenvalue weighted by molar-refractivity contribution is 6.30. The molecule has 1 aliphatic rings. The van der Waals surface area contributed by atoms with E-state index in [0.29, 0.717) is 17.5 Å². The van der Waals surface area contributed by atoms with Gasteiger partial charge in [-0.25, -0.2) is 4.98 Å². The molecule has 2 aromatic carbocycles. The Hall–Kier alpha value is -3.59. The third kappa shape index (κ3) is 5.79. The molecule has 0 saturated carbocycles. The second-order valence-electron chi connectivity index (χ2n) is 9.08. The van der Waals surface area contributed by atoms with E-state index < -0.39 is 0 Å². The fourth-order valence-electron chi connectivity index (χ4n) is 4.76. The minimum atomic E-state index is 0.578. The Morgan fingerprint density at radius 2 is 1.86 bits per heavy atom. The van der Waals surface area contributed by atoms with Gasteiger partial charge in [-0.3, -0.25) is 9.88 Å². The molecule has 0 atom stereocenters. The van der Waals surface area contributed by atoms with Gasteiger partial charge in [0.25, 0.3) is 0 Å². The average Bonchev–Trinajstić information content (AvgIpc) is 3.45. The fraction of sp³-hybridized carbons (Fsp3) is 0.267. The first-order valence-corrected chi connectivity index (χ1v) is 12.7. The molecule has 0 bridgehead atoms. The maximum atomic E-state index is 6.30. The summed E-state index contributed by atoms with van der Waals surface area (Å²) in [6.07, 6.45) is 9.54. The quantitative estimate of drug-likeness (QED) is 0.328. The first-order chi connectivity index (χ1) is 17.7. The number of piperidine rings is 1. The zero-order chi connectivity index (χ0) is 24.7. The molecule has 0 aliphatic carbocycles. The number of imidazole rings is 1. The number of aromatic amines is 1. The van der Waals surface area contributed by atoms with Crippen molar-refractivity contribution in [3.63, 3.8) is 0 Å². The van der Waals surface area contributed by atoms with Crippen LogP contribution in [0.4, 0.5) is 0 Å². The lowest BCUT2D eigenvalue weighted by Crippen LogP contribution is -2.36. The van der Waals surface area contributed by atoms with Crippen LogP contribution < -0.4 is 4.74 Å². The summed E-state index contributed by atoms with van der Waals surface area (Å²) in [5.74, 6) is 8.04. The Balaban J connectivity index is 1.29. The average molecular weight is 497 g/mol. The highest BCUT2D eigenvalue weighted by atomic mass is 35.5. The van der Waals surface area contributed by atoms with Crippen molar-refractivity contribution in [2.24, 2.45) is 0 Å². The lowest BCUT2D eigenvalue weighted by molar-refractivity contribution is 0.172. The van der Waals surface area contributed by atoms with Crippen LogP contribution in [0, 0.1) is 18.8 Å². The van der Waals surface area contributed by atoms with Crippen LogP contribution in [0.1, 0.15) is 41.1 Å². The Morgan fingerprint density at radius 1 is 1.03 bits per heavy atom. The van der Waals surface area contributed by atoms with E-state index in [2.05, 4.69) is 38.6 Å². The predicted molar refractivity (Wildman–Crippen MR) is 144 cm³/mol. The van der Waals surface area contributed by atoms with Gasteiger partial charge in [-0.2, -0.15) is 0 Å². The van der Waals surface area contributed by atoms with Crippen molar-refractivity contribution < 1.29 is 4.74 Å². The van der Waals surface area contributed by atoms with Crippen LogP contribution in [-0.2, 0) is 0 Å². The number of pyridine rings is 1. The predicted octanol–water partition coefficient (Wildman–Crippen LogP) is 6.09. The molecule has 0 spiro atoms. The van der Waals surface area contributed by atoms with Gasteiger partial charge >= 0.3 is 0 Å². The van der Waals surface area contributed by atoms with Crippen LogP contribution in [0.15, 0.2) is 73.4 Å². The van der Waals surface area contributed by atoms with Crippen molar-refractivity contribution in [2.45, 2.75) is 25.7 Å². The van der Waals surface area contributed by atoms with Crippen molar-refractivity contribution in [1.82, 2.24) is 19.9 Å². The SMILES string of the molecule is Cc1c(OCCN2CCC(c3cnc[nH]3)CC2)ccc(C#Cc2cccnc2)c1-c1ccc(Cl)cc1. The molecule has 1 aliphatic heterocycles. The molecule has 36 heavy (non-hydrogen) atoms. The van der Waals surface area contributed by atoms with Crippen LogP contribution in [0.5, 0.6) is 5.75 Å². The third-order valence-electron chi connectivity index (χ3n) is 6.76. The number of ether oxygens (including phenoxy) is 1. The summed E-state index contributed by atoms with van der Waals surface area (Å²) in [5.41, 5.74) is 6.30. The molecule has 0 radical (unpaired) electrons. The monoisotopic (exact) mass is 496 g/mol. The molecule has 3 heterocycles. The maximum absolute atomic E-state index is 6.30. The van der Waals surface area contributed by atoms with Crippen LogP contribution in [0.25, 0.3) is 11.1 Å². The number of likely N-dealkylation sites (tertiary alicyclic amines) is 1. The summed E-state index contributed by atoms with van der Waals surface area (Å²) in [6.45, 7) is 5.81. The molecule has 0 unspecified atom stereocenters. The number of nitrogens with zero attached hydrogens (tertiary/aromatic N) is 3. The Kier molecular flexibility index (Phi) is 7.66. The van der Waals surface area contributed by atoms with Gasteiger partial charge in [0.05, 0.1) is 6.33 Å². The van der Waals surface area contributed by atoms with Gasteiger partial charge in [0, 0.05) is 64.0 Å². The lowest BCUT2D eigenvalue weighted by Gasteiger charge is -2.31. The van der Waals surface area contributed by atoms with Gasteiger partial charge in [0.1, 0.15) is 12.4 Å². The minimum absolute atomic E-state index is 0.578. The zero-order valence-corrected chi connectivity index (χ0v) is 21.1. The largest absolute Gasteiger partial charge is 0.492 e. The van der Waals surface area contributed by atoms with E-state index >= 15 is 0 Å². The summed E-state index contributed by atoms with van der Waals surface area (Å²) >= 11 is 6.16. The molecule has 6 heteroatoms. The molecule has 1 N–H and O–H groups in total. The van der Waals surface area contributed by atoms with Crippen molar-refractivity contribution in [3.8, 4) is 28.7 Å². The molecular formula is C30H29ClN4O. The van der Waals surface area contributed by atoms with Crippen molar-refractivity contribution in [3.05, 3.63) is 101 Å². The van der Waals surface area contributed by atoms with Gasteiger partial charge in [0.2, 0.25) is 0 Å². The topological polar surface area (TPSA) is 54.0 Å². The molecule has 2 aromatic heterocycles. The van der Waals surface area contributed by atoms with E-state index in [0.717, 1.165) is 66.0 Å². The summed E-state index contributed by atoms with van der Waals surface area (Å²) in [4.78, 5) is 14.1. The maximum Gasteiger partial charge on any atom is 0.122 e. The second-order valence-corrected chi connectivity index (χ2v) is 9.52. The highest BCUT2D eigenvalue weighted by Gasteiger charge is 2.21. The van der Waals surface area contributed by atoms with Gasteiger partial charge < -0.3 is 9.72 Å². The molecule has 4 aromatic rings. The summed E-state index contributed by atoms with van der Waals surface area (Å²) in [7, 11) is 0. The standard InChI is InChI=1S/C30H29ClN4O/c1-22-29(36-18-17-35-15-12-24(13-16-35)28-20-33-21-34-28)11-8-25(5-4-23-3-2-14-32-19-23)30(22)26-6-9-27(31)10-7-26/h2-3,6-11,14,19-21,24H,12-13,15-18H2,1H3,(H,33,34). The van der Waals surface area contributed by atoms with Crippen molar-refractivity contribution in [1.29, 1.82) is 0 Å². The summed E-state index contributed by atoms with van der Waals surface area (Å²) < 4.78 is 6.30. The van der Waals surface area contributed by atoms with Gasteiger partial charge in [-0.1, -0.05) is 35.6 Å². The van der Waals surface area contributed by atoms with Gasteiger partial charge in [-0.05, 0) is 74.8 Å². The molecule has 1 fully saturated rings. The molecule has 5 nitrogen and oxygen atoms in total. The number of hydrogen-bond acceptors (Lipinski definition) is 4. The van der Waals surface area contributed by atoms with E-state index in [1.54, 1.807) is 18.7 Å². The molecule has 5 rings (SSSR count). The van der Waals surface area contributed by atoms with Gasteiger partial charge in [-0.15, -0.1) is 0 Å². The van der Waals surface area contributed by atoms with E-state index in [1.165, 1.54) is 5.69 Å². The van der Waals surface area contributed by atoms with E-state index in [9.17, 15) is 0 Å². The Bertz CT molecular complexity index is 1330. The van der Waals surface area contributed by atoms with Gasteiger partial charge in [0.15, 0.2) is 0 Å². The fourth-order valence-corrected chi connectivity index (χ4v) is 4.89. The second kappa shape index (κ2) is 11.4. The summed E-state index contributed by atoms with van der Waals surface area (Å²) in [6, 6.07) is 15.8. The first kappa shape index (κ1) is 24.1. The smallest absolute Gasteiger partial charge is 0.122 e. The molecule has 182 valence electrons. The lowest BCUT2D eigenvalue weighted by atomic mass is 9.94. The third-order valence-corrected chi connectivity index (χ3v) is 7.02. The van der Waals surface area contributed by atoms with Crippen LogP contribution in [0.2, 0.25) is 5.02 Å². The number of rotatable bonds is 6. The number of benzene rings is 2. The number of aromatic nitrogens is 3. The highest BCUT2D eigenvalue weighted by Crippen LogP contribution is 2.34. The van der Waals surface area contributed by atoms with E-state index in [-0.39, 0.29) is 0 Å². The van der Waals surface area contributed by atoms with E-state index in [1.807, 2.05) is 54.7 Å². The Labute approximate surface area is 217 Å². The molecular weight excluding hydrogens is 468 g/mol. The van der Waals surface area contributed by atoms with Crippen molar-refractivity contribution in [2.75, 3.05) is 26.2 Å². The molecule has 1 saturated heterocycles. The molecule has 0 amide bonds. The minimum Gasteiger partial charge on any atom is -0.492 e. The van der Waals surface area contributed by atoms with E-state index in [4.69, 9.17) is 16.3 Å². The van der Waals surface area contributed by atoms with Crippen LogP contribution >= 0.6 is 11.6 Å². The summed E-state index contributed by atoms with van der Waals surface area (Å²) in [5, 5.41) is 0.711. The number of hydrogen-bond donors (Lipinski definition) is 1. The van der Waals surface area contributed by atoms with Crippen LogP contribution in [0.3, 0.4) is 0 Å². The Morgan fingerprint density at radius 3 is 2.58 bits per heavy atom.